The smallest absolute Gasteiger partial charge is 0.255 e. The highest BCUT2D eigenvalue weighted by atomic mass is 35.5. The molecule has 13 rings (SSSR count). The molecule has 9 nitrogen and oxygen atoms in total. The number of para-hydroxylation sites is 9. The maximum Gasteiger partial charge on any atom is 0.255 e. The predicted octanol–water partition coefficient (Wildman–Crippen LogP) is 12.0. The monoisotopic (exact) mass is 1010 g/mol. The Morgan fingerprint density at radius 3 is 1.64 bits per heavy atom. The van der Waals surface area contributed by atoms with Crippen molar-refractivity contribution in [2.24, 2.45) is 0 Å². The number of hydrogen-bond acceptors (Lipinski definition) is 5. The van der Waals surface area contributed by atoms with Crippen LogP contribution < -0.4 is 31.8 Å². The van der Waals surface area contributed by atoms with Crippen molar-refractivity contribution in [3.8, 4) is 34.5 Å². The van der Waals surface area contributed by atoms with Gasteiger partial charge in [-0.15, -0.1) is 12.4 Å². The second kappa shape index (κ2) is 21.8. The second-order valence-corrected chi connectivity index (χ2v) is 17.3. The number of anilines is 2. The molecular formula is C63H53Cl2N7O2. The molecule has 0 amide bonds. The Balaban J connectivity index is 0.000000175. The molecule has 0 unspecified atom stereocenters. The van der Waals surface area contributed by atoms with Crippen LogP contribution in [0.2, 0.25) is 0 Å². The molecule has 0 aliphatic heterocycles. The number of benzene rings is 8. The normalized spacial score (nSPS) is 10.8. The topological polar surface area (TPSA) is 74.9 Å². The van der Waals surface area contributed by atoms with E-state index < -0.39 is 0 Å². The van der Waals surface area contributed by atoms with Crippen molar-refractivity contribution in [1.82, 2.24) is 23.7 Å². The fourth-order valence-electron chi connectivity index (χ4n) is 9.95. The van der Waals surface area contributed by atoms with E-state index in [4.69, 9.17) is 9.47 Å². The molecule has 74 heavy (non-hydrogen) atoms. The van der Waals surface area contributed by atoms with Crippen molar-refractivity contribution >= 4 is 78.4 Å². The van der Waals surface area contributed by atoms with Gasteiger partial charge in [0.1, 0.15) is 23.1 Å². The van der Waals surface area contributed by atoms with E-state index >= 15 is 0 Å². The Morgan fingerprint density at radius 1 is 0.473 bits per heavy atom. The fourth-order valence-corrected chi connectivity index (χ4v) is 9.95. The number of ether oxygens (including phenoxy) is 2. The number of halogens is 2. The second-order valence-electron chi connectivity index (χ2n) is 17.3. The van der Waals surface area contributed by atoms with E-state index in [1.54, 1.807) is 14.2 Å². The van der Waals surface area contributed by atoms with E-state index in [1.165, 1.54) is 32.7 Å². The first-order valence-electron chi connectivity index (χ1n) is 23.7. The van der Waals surface area contributed by atoms with Crippen LogP contribution >= 0.6 is 12.4 Å². The number of hydrogen-bond donors (Lipinski definition) is 1. The van der Waals surface area contributed by atoms with Crippen LogP contribution in [-0.2, 0) is 6.42 Å². The minimum atomic E-state index is 0. The lowest BCUT2D eigenvalue weighted by molar-refractivity contribution is -0.568. The number of nitrogens with one attached hydrogen (secondary N) is 1. The number of methoxy groups -OCH3 is 2. The van der Waals surface area contributed by atoms with Crippen LogP contribution in [0, 0.1) is 0 Å². The molecule has 0 spiro atoms. The van der Waals surface area contributed by atoms with Crippen molar-refractivity contribution in [2.45, 2.75) is 13.8 Å². The number of rotatable bonds is 10. The summed E-state index contributed by atoms with van der Waals surface area (Å²) in [5.74, 6) is 3.48. The van der Waals surface area contributed by atoms with Crippen molar-refractivity contribution in [1.29, 1.82) is 0 Å². The highest BCUT2D eigenvalue weighted by molar-refractivity contribution is 6.10. The quantitative estimate of drug-likeness (QED) is 0.138. The summed E-state index contributed by atoms with van der Waals surface area (Å²) in [7, 11) is 3.41. The van der Waals surface area contributed by atoms with E-state index in [1.807, 2.05) is 79.1 Å². The van der Waals surface area contributed by atoms with E-state index in [0.717, 1.165) is 85.4 Å². The predicted molar refractivity (Wildman–Crippen MR) is 302 cm³/mol. The largest absolute Gasteiger partial charge is 1.00 e. The zero-order valence-electron chi connectivity index (χ0n) is 40.0. The minimum Gasteiger partial charge on any atom is -1.00 e. The maximum absolute atomic E-state index is 5.68. The van der Waals surface area contributed by atoms with Gasteiger partial charge in [0.2, 0.25) is 0 Å². The molecule has 0 radical (unpaired) electrons. The van der Waals surface area contributed by atoms with Crippen molar-refractivity contribution in [3.05, 3.63) is 248 Å². The fraction of sp³-hybridized carbons (Fsp3) is 0.0635. The van der Waals surface area contributed by atoms with Gasteiger partial charge in [0.25, 0.3) is 6.33 Å². The van der Waals surface area contributed by atoms with Gasteiger partial charge in [-0.25, -0.2) is 9.97 Å². The third kappa shape index (κ3) is 9.15. The van der Waals surface area contributed by atoms with Crippen LogP contribution in [0.5, 0.6) is 11.5 Å². The zero-order valence-corrected chi connectivity index (χ0v) is 41.6. The van der Waals surface area contributed by atoms with Crippen LogP contribution in [0.25, 0.3) is 77.7 Å². The molecule has 5 heterocycles. The first kappa shape index (κ1) is 50.1. The van der Waals surface area contributed by atoms with Gasteiger partial charge in [0, 0.05) is 45.7 Å². The van der Waals surface area contributed by atoms with E-state index in [9.17, 15) is 0 Å². The Hall–Kier alpha value is -8.89. The Bertz CT molecular complexity index is 4060. The Labute approximate surface area is 442 Å². The summed E-state index contributed by atoms with van der Waals surface area (Å²) in [6.45, 7) is 0. The van der Waals surface area contributed by atoms with Crippen LogP contribution in [0.3, 0.4) is 0 Å². The lowest BCUT2D eigenvalue weighted by Crippen LogP contribution is -3.00. The van der Waals surface area contributed by atoms with Gasteiger partial charge >= 0.3 is 0 Å². The molecular weight excluding hydrogens is 958 g/mol. The van der Waals surface area contributed by atoms with Gasteiger partial charge in [0.05, 0.1) is 42.0 Å². The molecule has 1 N–H and O–H groups in total. The number of imidazole rings is 1. The highest BCUT2D eigenvalue weighted by Crippen LogP contribution is 2.36. The molecule has 0 saturated carbocycles. The van der Waals surface area contributed by atoms with Gasteiger partial charge in [0.15, 0.2) is 22.5 Å². The number of fused-ring (bicyclic) bond motifs is 7. The SMILES string of the molecule is C.COc1ccccc1-[n+]1cn(-c2ccc3c4ccccc4n(-c4ccccn4)c3c2)c2ccccc21.COc1ccccc1Nc1ccccc1Cc1ccc2c3ccccc3n(-c3ccccn3)c2c1.Cl.[Cl-]. The molecule has 0 aliphatic rings. The van der Waals surface area contributed by atoms with Crippen LogP contribution in [0.4, 0.5) is 11.4 Å². The molecule has 0 fully saturated rings. The zero-order chi connectivity index (χ0) is 47.7. The first-order valence-corrected chi connectivity index (χ1v) is 23.7. The molecule has 0 aliphatic carbocycles. The number of pyridine rings is 2. The summed E-state index contributed by atoms with van der Waals surface area (Å²) < 4.78 is 20.1. The average molecular weight is 1010 g/mol. The molecule has 11 heteroatoms. The first-order chi connectivity index (χ1) is 35.1. The third-order valence-corrected chi connectivity index (χ3v) is 13.2. The highest BCUT2D eigenvalue weighted by Gasteiger charge is 2.23. The average Bonchev–Trinajstić information content (AvgIpc) is 4.10. The summed E-state index contributed by atoms with van der Waals surface area (Å²) in [5, 5.41) is 8.45. The van der Waals surface area contributed by atoms with Crippen LogP contribution in [-0.4, -0.2) is 37.9 Å². The van der Waals surface area contributed by atoms with Gasteiger partial charge in [-0.2, -0.15) is 9.13 Å². The molecule has 0 saturated heterocycles. The summed E-state index contributed by atoms with van der Waals surface area (Å²) in [5.41, 5.74) is 13.4. The Kier molecular flexibility index (Phi) is 14.8. The molecule has 13 aromatic rings. The van der Waals surface area contributed by atoms with Crippen molar-refractivity contribution in [3.63, 3.8) is 0 Å². The molecule has 366 valence electrons. The number of nitrogens with zero attached hydrogens (tertiary/aromatic N) is 6. The Morgan fingerprint density at radius 2 is 0.986 bits per heavy atom. The third-order valence-electron chi connectivity index (χ3n) is 13.2. The lowest BCUT2D eigenvalue weighted by atomic mass is 10.0. The van der Waals surface area contributed by atoms with Gasteiger partial charge in [-0.1, -0.05) is 123 Å². The van der Waals surface area contributed by atoms with E-state index in [0.29, 0.717) is 0 Å². The van der Waals surface area contributed by atoms with Crippen LogP contribution in [0.15, 0.2) is 237 Å². The molecule has 8 aromatic carbocycles. The van der Waals surface area contributed by atoms with Crippen molar-refractivity contribution < 1.29 is 26.4 Å². The minimum absolute atomic E-state index is 0. The van der Waals surface area contributed by atoms with Gasteiger partial charge in [-0.05, 0) is 115 Å². The van der Waals surface area contributed by atoms with Crippen molar-refractivity contribution in [2.75, 3.05) is 19.5 Å². The summed E-state index contributed by atoms with van der Waals surface area (Å²) in [4.78, 5) is 9.33. The van der Waals surface area contributed by atoms with Gasteiger partial charge < -0.3 is 27.2 Å². The summed E-state index contributed by atoms with van der Waals surface area (Å²) in [6, 6.07) is 75.5. The van der Waals surface area contributed by atoms with Crippen LogP contribution in [0.1, 0.15) is 18.6 Å². The van der Waals surface area contributed by atoms with E-state index in [-0.39, 0.29) is 32.2 Å². The number of aromatic nitrogens is 6. The maximum atomic E-state index is 5.68. The standard InChI is InChI=1S/C31H23N4O.C31H25N3O.CH4.2ClH/c1-36-30-15-7-6-14-28(30)34-21-33(26-12-4-5-13-27(26)34)22-17-18-24-23-10-2-3-11-25(23)35(29(24)20-22)31-16-8-9-19-32-31;1-35-30-15-7-5-13-27(30)33-26-12-4-2-10-23(26)20-22-17-18-25-24-11-3-6-14-28(24)34(29(25)21-22)31-16-8-9-19-32-31;;;/h2-21H,1H3;2-19,21,33H,20H2,1H3;1H4;2*1H/q+1;;;;/p-1. The lowest BCUT2D eigenvalue weighted by Gasteiger charge is -2.15. The molecule has 0 bridgehead atoms. The van der Waals surface area contributed by atoms with E-state index in [2.05, 4.69) is 192 Å². The summed E-state index contributed by atoms with van der Waals surface area (Å²) in [6.07, 6.45) is 6.63. The van der Waals surface area contributed by atoms with Gasteiger partial charge in [-0.3, -0.25) is 9.13 Å². The molecule has 5 aromatic heterocycles. The molecule has 0 atom stereocenters. The summed E-state index contributed by atoms with van der Waals surface area (Å²) >= 11 is 0.